The van der Waals surface area contributed by atoms with E-state index in [0.717, 1.165) is 18.7 Å². The van der Waals surface area contributed by atoms with Crippen LogP contribution in [0.4, 0.5) is 10.1 Å². The molecule has 6 heteroatoms. The summed E-state index contributed by atoms with van der Waals surface area (Å²) in [6, 6.07) is 4.31. The van der Waals surface area contributed by atoms with Gasteiger partial charge in [0, 0.05) is 45.2 Å². The average Bonchev–Trinajstić information content (AvgIpc) is 2.43. The largest absolute Gasteiger partial charge is 0.385 e. The Balaban J connectivity index is 2.95. The molecule has 5 nitrogen and oxygen atoms in total. The maximum atomic E-state index is 13.3. The van der Waals surface area contributed by atoms with E-state index in [9.17, 15) is 4.39 Å². The van der Waals surface area contributed by atoms with Crippen molar-refractivity contribution < 1.29 is 13.9 Å². The Morgan fingerprint density at radius 1 is 1.25 bits per heavy atom. The molecule has 0 aliphatic carbocycles. The zero-order valence-electron chi connectivity index (χ0n) is 12.0. The molecule has 0 atom stereocenters. The lowest BCUT2D eigenvalue weighted by Gasteiger charge is -2.26. The van der Waals surface area contributed by atoms with Crippen LogP contribution in [0.3, 0.4) is 0 Å². The predicted octanol–water partition coefficient (Wildman–Crippen LogP) is 1.60. The first-order chi connectivity index (χ1) is 9.60. The molecule has 0 amide bonds. The van der Waals surface area contributed by atoms with Crippen molar-refractivity contribution >= 4 is 11.5 Å². The second-order valence-corrected chi connectivity index (χ2v) is 4.40. The summed E-state index contributed by atoms with van der Waals surface area (Å²) in [5, 5.41) is 7.58. The van der Waals surface area contributed by atoms with E-state index in [1.165, 1.54) is 12.1 Å². The number of hydrogen-bond donors (Lipinski definition) is 2. The number of hydrogen-bond acceptors (Lipinski definition) is 4. The third-order valence-corrected chi connectivity index (χ3v) is 2.93. The van der Waals surface area contributed by atoms with E-state index in [0.29, 0.717) is 25.3 Å². The van der Waals surface area contributed by atoms with Gasteiger partial charge in [-0.15, -0.1) is 0 Å². The lowest BCUT2D eigenvalue weighted by molar-refractivity contribution is 0.191. The fraction of sp³-hybridized carbons (Fsp3) is 0.500. The summed E-state index contributed by atoms with van der Waals surface area (Å²) in [4.78, 5) is 2.03. The molecule has 0 bridgehead atoms. The molecule has 0 radical (unpaired) electrons. The van der Waals surface area contributed by atoms with Gasteiger partial charge in [0.1, 0.15) is 11.7 Å². The SMILES string of the molecule is COCCCN(CCOC)c1ccc(F)cc1C(=N)N. The monoisotopic (exact) mass is 283 g/mol. The summed E-state index contributed by atoms with van der Waals surface area (Å²) in [5.41, 5.74) is 6.68. The van der Waals surface area contributed by atoms with Gasteiger partial charge in [-0.05, 0) is 24.6 Å². The number of ether oxygens (including phenoxy) is 2. The van der Waals surface area contributed by atoms with Gasteiger partial charge in [-0.1, -0.05) is 0 Å². The highest BCUT2D eigenvalue weighted by Gasteiger charge is 2.14. The number of nitrogens with zero attached hydrogens (tertiary/aromatic N) is 1. The van der Waals surface area contributed by atoms with Crippen molar-refractivity contribution in [3.8, 4) is 0 Å². The number of nitrogens with one attached hydrogen (secondary N) is 1. The predicted molar refractivity (Wildman–Crippen MR) is 78.0 cm³/mol. The van der Waals surface area contributed by atoms with E-state index in [1.807, 2.05) is 4.90 Å². The van der Waals surface area contributed by atoms with Gasteiger partial charge in [0.25, 0.3) is 0 Å². The van der Waals surface area contributed by atoms with Gasteiger partial charge < -0.3 is 20.1 Å². The first-order valence-electron chi connectivity index (χ1n) is 6.47. The van der Waals surface area contributed by atoms with Crippen molar-refractivity contribution in [3.05, 3.63) is 29.6 Å². The molecule has 1 aromatic carbocycles. The van der Waals surface area contributed by atoms with E-state index >= 15 is 0 Å². The summed E-state index contributed by atoms with van der Waals surface area (Å²) in [5.74, 6) is -0.545. The van der Waals surface area contributed by atoms with Crippen LogP contribution in [0.15, 0.2) is 18.2 Å². The van der Waals surface area contributed by atoms with E-state index in [1.54, 1.807) is 20.3 Å². The minimum Gasteiger partial charge on any atom is -0.385 e. The molecule has 20 heavy (non-hydrogen) atoms. The molecule has 0 fully saturated rings. The van der Waals surface area contributed by atoms with Gasteiger partial charge in [-0.2, -0.15) is 0 Å². The lowest BCUT2D eigenvalue weighted by Crippen LogP contribution is -2.31. The van der Waals surface area contributed by atoms with Crippen molar-refractivity contribution in [2.75, 3.05) is 45.4 Å². The molecule has 3 N–H and O–H groups in total. The molecule has 0 aromatic heterocycles. The molecule has 0 saturated carbocycles. The fourth-order valence-corrected chi connectivity index (χ4v) is 1.95. The van der Waals surface area contributed by atoms with Gasteiger partial charge in [-0.3, -0.25) is 5.41 Å². The Morgan fingerprint density at radius 3 is 2.55 bits per heavy atom. The molecule has 0 saturated heterocycles. The molecule has 112 valence electrons. The zero-order valence-corrected chi connectivity index (χ0v) is 12.0. The Kier molecular flexibility index (Phi) is 6.97. The number of anilines is 1. The molecule has 0 unspecified atom stereocenters. The second kappa shape index (κ2) is 8.50. The lowest BCUT2D eigenvalue weighted by atomic mass is 10.1. The molecule has 1 rings (SSSR count). The smallest absolute Gasteiger partial charge is 0.125 e. The number of benzene rings is 1. The quantitative estimate of drug-likeness (QED) is 0.410. The number of nitrogen functional groups attached to an aromatic ring is 1. The third kappa shape index (κ3) is 4.79. The summed E-state index contributed by atoms with van der Waals surface area (Å²) < 4.78 is 23.5. The summed E-state index contributed by atoms with van der Waals surface area (Å²) in [6.07, 6.45) is 0.828. The van der Waals surface area contributed by atoms with Crippen LogP contribution in [0.1, 0.15) is 12.0 Å². The molecule has 0 spiro atoms. The minimum atomic E-state index is -0.400. The zero-order chi connectivity index (χ0) is 15.0. The topological polar surface area (TPSA) is 71.6 Å². The maximum absolute atomic E-state index is 13.3. The number of rotatable bonds is 9. The van der Waals surface area contributed by atoms with Gasteiger partial charge >= 0.3 is 0 Å². The van der Waals surface area contributed by atoms with Crippen molar-refractivity contribution in [2.24, 2.45) is 5.73 Å². The first kappa shape index (κ1) is 16.4. The van der Waals surface area contributed by atoms with Crippen LogP contribution >= 0.6 is 0 Å². The van der Waals surface area contributed by atoms with Crippen LogP contribution in [0, 0.1) is 11.2 Å². The Labute approximate surface area is 119 Å². The Morgan fingerprint density at radius 2 is 1.95 bits per heavy atom. The number of methoxy groups -OCH3 is 2. The summed E-state index contributed by atoms with van der Waals surface area (Å²) in [6.45, 7) is 2.55. The number of nitrogens with two attached hydrogens (primary N) is 1. The van der Waals surface area contributed by atoms with Gasteiger partial charge in [0.2, 0.25) is 0 Å². The van der Waals surface area contributed by atoms with Crippen molar-refractivity contribution in [2.45, 2.75) is 6.42 Å². The van der Waals surface area contributed by atoms with Crippen LogP contribution < -0.4 is 10.6 Å². The highest BCUT2D eigenvalue weighted by molar-refractivity contribution is 6.00. The van der Waals surface area contributed by atoms with Gasteiger partial charge in [0.05, 0.1) is 6.61 Å². The maximum Gasteiger partial charge on any atom is 0.125 e. The van der Waals surface area contributed by atoms with E-state index in [4.69, 9.17) is 20.6 Å². The highest BCUT2D eigenvalue weighted by atomic mass is 19.1. The van der Waals surface area contributed by atoms with Crippen molar-refractivity contribution in [1.29, 1.82) is 5.41 Å². The van der Waals surface area contributed by atoms with E-state index in [2.05, 4.69) is 0 Å². The third-order valence-electron chi connectivity index (χ3n) is 2.93. The van der Waals surface area contributed by atoms with Crippen molar-refractivity contribution in [1.82, 2.24) is 0 Å². The molecular weight excluding hydrogens is 261 g/mol. The van der Waals surface area contributed by atoms with Crippen LogP contribution in [0.25, 0.3) is 0 Å². The number of amidine groups is 1. The average molecular weight is 283 g/mol. The molecule has 1 aromatic rings. The van der Waals surface area contributed by atoms with Crippen LogP contribution in [0.5, 0.6) is 0 Å². The fourth-order valence-electron chi connectivity index (χ4n) is 1.95. The van der Waals surface area contributed by atoms with Gasteiger partial charge in [0.15, 0.2) is 0 Å². The number of halogens is 1. The van der Waals surface area contributed by atoms with E-state index < -0.39 is 5.82 Å². The minimum absolute atomic E-state index is 0.145. The first-order valence-corrected chi connectivity index (χ1v) is 6.47. The van der Waals surface area contributed by atoms with E-state index in [-0.39, 0.29) is 5.84 Å². The van der Waals surface area contributed by atoms with Crippen LogP contribution in [-0.4, -0.2) is 46.4 Å². The molecular formula is C14H22FN3O2. The van der Waals surface area contributed by atoms with Crippen LogP contribution in [0.2, 0.25) is 0 Å². The molecule has 0 heterocycles. The Hall–Kier alpha value is -1.66. The van der Waals surface area contributed by atoms with Crippen molar-refractivity contribution in [3.63, 3.8) is 0 Å². The summed E-state index contributed by atoms with van der Waals surface area (Å²) in [7, 11) is 3.28. The van der Waals surface area contributed by atoms with Gasteiger partial charge in [-0.25, -0.2) is 4.39 Å². The normalized spacial score (nSPS) is 10.6. The molecule has 0 aliphatic rings. The highest BCUT2D eigenvalue weighted by Crippen LogP contribution is 2.21. The summed E-state index contributed by atoms with van der Waals surface area (Å²) >= 11 is 0. The second-order valence-electron chi connectivity index (χ2n) is 4.40. The van der Waals surface area contributed by atoms with Crippen LogP contribution in [-0.2, 0) is 9.47 Å². The standard InChI is InChI=1S/C14H22FN3O2/c1-19-8-3-6-18(7-9-20-2)13-5-4-11(15)10-12(13)14(16)17/h4-5,10H,3,6-9H2,1-2H3,(H3,16,17). The Bertz CT molecular complexity index is 440. The molecule has 0 aliphatic heterocycles.